The second-order valence-corrected chi connectivity index (χ2v) is 8.33. The van der Waals surface area contributed by atoms with Crippen LogP contribution in [0.5, 0.6) is 5.88 Å². The van der Waals surface area contributed by atoms with Crippen LogP contribution in [0.4, 0.5) is 11.6 Å². The third-order valence-corrected chi connectivity index (χ3v) is 6.28. The summed E-state index contributed by atoms with van der Waals surface area (Å²) in [6.45, 7) is 7.18. The summed E-state index contributed by atoms with van der Waals surface area (Å²) in [5.41, 5.74) is 4.11. The minimum absolute atomic E-state index is 0.392. The second kappa shape index (κ2) is 5.66. The van der Waals surface area contributed by atoms with Crippen LogP contribution in [0.2, 0.25) is 0 Å². The van der Waals surface area contributed by atoms with Crippen molar-refractivity contribution in [3.8, 4) is 5.88 Å². The summed E-state index contributed by atoms with van der Waals surface area (Å²) in [5.74, 6) is 1.17. The lowest BCUT2D eigenvalue weighted by Crippen LogP contribution is -2.52. The van der Waals surface area contributed by atoms with Crippen molar-refractivity contribution in [1.82, 2.24) is 29.5 Å². The molecule has 0 unspecified atom stereocenters. The third kappa shape index (κ3) is 2.28. The lowest BCUT2D eigenvalue weighted by molar-refractivity contribution is -0.176. The number of hydrogen-bond acceptors (Lipinski definition) is 7. The van der Waals surface area contributed by atoms with Crippen LogP contribution in [0.15, 0.2) is 6.20 Å². The lowest BCUT2D eigenvalue weighted by Gasteiger charge is -2.53. The van der Waals surface area contributed by atoms with Gasteiger partial charge in [-0.3, -0.25) is 4.68 Å². The first-order valence-electron chi connectivity index (χ1n) is 9.89. The molecule has 0 atom stereocenters. The number of rotatable bonds is 1. The quantitative estimate of drug-likeness (QED) is 0.692. The van der Waals surface area contributed by atoms with Crippen molar-refractivity contribution in [3.05, 3.63) is 17.6 Å². The third-order valence-electron chi connectivity index (χ3n) is 6.28. The number of nitrogens with one attached hydrogen (secondary N) is 1. The fourth-order valence-electron chi connectivity index (χ4n) is 4.65. The first-order chi connectivity index (χ1) is 13.6. The maximum Gasteiger partial charge on any atom is 0.257 e. The van der Waals surface area contributed by atoms with Gasteiger partial charge in [0.05, 0.1) is 42.6 Å². The molecule has 1 saturated carbocycles. The van der Waals surface area contributed by atoms with Gasteiger partial charge in [0.1, 0.15) is 5.69 Å². The number of aryl methyl sites for hydroxylation is 2. The smallest absolute Gasteiger partial charge is 0.257 e. The molecule has 28 heavy (non-hydrogen) atoms. The van der Waals surface area contributed by atoms with Crippen molar-refractivity contribution >= 4 is 22.7 Å². The number of aromatic nitrogens is 6. The first kappa shape index (κ1) is 16.3. The van der Waals surface area contributed by atoms with E-state index >= 15 is 0 Å². The average molecular weight is 381 g/mol. The molecule has 1 saturated heterocycles. The number of fused-ring (bicyclic) bond motifs is 2. The molecule has 0 aromatic carbocycles. The molecule has 9 nitrogen and oxygen atoms in total. The van der Waals surface area contributed by atoms with E-state index in [4.69, 9.17) is 19.6 Å². The van der Waals surface area contributed by atoms with Gasteiger partial charge in [0.15, 0.2) is 5.65 Å². The van der Waals surface area contributed by atoms with Gasteiger partial charge in [0.25, 0.3) is 5.88 Å². The molecule has 1 aliphatic carbocycles. The van der Waals surface area contributed by atoms with Gasteiger partial charge in [0.2, 0.25) is 5.95 Å². The molecule has 2 bridgehead atoms. The number of anilines is 2. The van der Waals surface area contributed by atoms with Crippen molar-refractivity contribution in [1.29, 1.82) is 0 Å². The molecule has 0 amide bonds. The monoisotopic (exact) mass is 381 g/mol. The van der Waals surface area contributed by atoms with E-state index in [0.29, 0.717) is 29.9 Å². The van der Waals surface area contributed by atoms with Gasteiger partial charge in [-0.05, 0) is 26.7 Å². The van der Waals surface area contributed by atoms with E-state index in [-0.39, 0.29) is 0 Å². The highest BCUT2D eigenvalue weighted by molar-refractivity contribution is 5.79. The molecule has 1 N–H and O–H groups in total. The van der Waals surface area contributed by atoms with E-state index in [9.17, 15) is 0 Å². The largest absolute Gasteiger partial charge is 0.475 e. The Bertz CT molecular complexity index is 1070. The van der Waals surface area contributed by atoms with E-state index in [1.807, 2.05) is 17.8 Å². The highest BCUT2D eigenvalue weighted by Gasteiger charge is 2.51. The average Bonchev–Trinajstić information content (AvgIpc) is 3.07. The molecule has 6 rings (SSSR count). The van der Waals surface area contributed by atoms with Gasteiger partial charge in [-0.15, -0.1) is 5.10 Å². The Labute approximate surface area is 162 Å². The van der Waals surface area contributed by atoms with E-state index in [0.717, 1.165) is 67.1 Å². The van der Waals surface area contributed by atoms with Crippen molar-refractivity contribution in [3.63, 3.8) is 0 Å². The normalized spacial score (nSPS) is 20.8. The van der Waals surface area contributed by atoms with Crippen LogP contribution < -0.4 is 10.1 Å². The molecule has 0 radical (unpaired) electrons. The molecule has 2 aliphatic heterocycles. The summed E-state index contributed by atoms with van der Waals surface area (Å²) >= 11 is 0. The van der Waals surface area contributed by atoms with Crippen molar-refractivity contribution < 1.29 is 9.47 Å². The predicted octanol–water partition coefficient (Wildman–Crippen LogP) is 2.52. The zero-order valence-electron chi connectivity index (χ0n) is 16.1. The molecule has 2 fully saturated rings. The molecule has 1 spiro atoms. The molecule has 9 heteroatoms. The molecule has 5 heterocycles. The van der Waals surface area contributed by atoms with Crippen LogP contribution in [0.25, 0.3) is 11.0 Å². The topological polar surface area (TPSA) is 91.9 Å². The molecule has 3 aromatic rings. The Balaban J connectivity index is 1.38. The van der Waals surface area contributed by atoms with Crippen molar-refractivity contribution in [2.75, 3.05) is 25.1 Å². The molecular formula is C19H23N7O2. The first-order valence-corrected chi connectivity index (χ1v) is 9.89. The van der Waals surface area contributed by atoms with Crippen molar-refractivity contribution in [2.45, 2.75) is 45.7 Å². The van der Waals surface area contributed by atoms with E-state index in [1.165, 1.54) is 0 Å². The van der Waals surface area contributed by atoms with Gasteiger partial charge in [-0.2, -0.15) is 10.1 Å². The van der Waals surface area contributed by atoms with Crippen LogP contribution in [-0.2, 0) is 11.3 Å². The van der Waals surface area contributed by atoms with E-state index in [1.54, 1.807) is 0 Å². The van der Waals surface area contributed by atoms with Crippen LogP contribution in [-0.4, -0.2) is 49.3 Å². The standard InChI is InChI=1S/C19H23N7O2/c1-11-14-8-20-18-21-15-12(2)26(13-6-19(7-13)9-27-10-19)24-17(15)28-5-3-4-25(23-11)16(14)22-18/h8,13H,3-7,9-10H2,1-2H3,(H,20,21,22). The Hall–Kier alpha value is -2.68. The zero-order chi connectivity index (χ0) is 18.9. The highest BCUT2D eigenvalue weighted by Crippen LogP contribution is 2.53. The lowest BCUT2D eigenvalue weighted by atomic mass is 9.64. The summed E-state index contributed by atoms with van der Waals surface area (Å²) in [6, 6.07) is 0.405. The summed E-state index contributed by atoms with van der Waals surface area (Å²) in [6.07, 6.45) is 4.92. The summed E-state index contributed by atoms with van der Waals surface area (Å²) < 4.78 is 15.5. The summed E-state index contributed by atoms with van der Waals surface area (Å²) in [7, 11) is 0. The van der Waals surface area contributed by atoms with E-state index < -0.39 is 0 Å². The minimum Gasteiger partial charge on any atom is -0.475 e. The zero-order valence-corrected chi connectivity index (χ0v) is 16.1. The highest BCUT2D eigenvalue weighted by atomic mass is 16.5. The van der Waals surface area contributed by atoms with Gasteiger partial charge >= 0.3 is 0 Å². The molecule has 146 valence electrons. The molecule has 3 aliphatic rings. The number of hydrogen-bond donors (Lipinski definition) is 1. The fraction of sp³-hybridized carbons (Fsp3) is 0.579. The maximum absolute atomic E-state index is 6.06. The summed E-state index contributed by atoms with van der Waals surface area (Å²) in [5, 5.41) is 13.7. The van der Waals surface area contributed by atoms with Gasteiger partial charge < -0.3 is 14.8 Å². The van der Waals surface area contributed by atoms with Crippen LogP contribution >= 0.6 is 0 Å². The van der Waals surface area contributed by atoms with Gasteiger partial charge in [0, 0.05) is 24.6 Å². The Morgan fingerprint density at radius 3 is 2.86 bits per heavy atom. The van der Waals surface area contributed by atoms with Crippen LogP contribution in [0.1, 0.15) is 36.7 Å². The molecule has 3 aromatic heterocycles. The SMILES string of the molecule is Cc1nn2c3nc(ncc13)Nc1c(nn(C3CC4(COC4)C3)c1C)OCCC2. The van der Waals surface area contributed by atoms with Gasteiger partial charge in [-0.25, -0.2) is 9.67 Å². The molecular weight excluding hydrogens is 358 g/mol. The Morgan fingerprint density at radius 1 is 1.21 bits per heavy atom. The van der Waals surface area contributed by atoms with Crippen LogP contribution in [0, 0.1) is 19.3 Å². The minimum atomic E-state index is 0.392. The van der Waals surface area contributed by atoms with Crippen molar-refractivity contribution in [2.24, 2.45) is 5.41 Å². The number of nitrogens with zero attached hydrogens (tertiary/aromatic N) is 6. The van der Waals surface area contributed by atoms with Crippen LogP contribution in [0.3, 0.4) is 0 Å². The summed E-state index contributed by atoms with van der Waals surface area (Å²) in [4.78, 5) is 9.22. The van der Waals surface area contributed by atoms with E-state index in [2.05, 4.69) is 27.0 Å². The Morgan fingerprint density at radius 2 is 2.07 bits per heavy atom. The second-order valence-electron chi connectivity index (χ2n) is 8.33. The fourth-order valence-corrected chi connectivity index (χ4v) is 4.65. The number of ether oxygens (including phenoxy) is 2. The Kier molecular flexibility index (Phi) is 3.30. The van der Waals surface area contributed by atoms with Gasteiger partial charge in [-0.1, -0.05) is 0 Å². The predicted molar refractivity (Wildman–Crippen MR) is 102 cm³/mol. The maximum atomic E-state index is 6.06.